The van der Waals surface area contributed by atoms with Crippen LogP contribution < -0.4 is 16.6 Å². The highest BCUT2D eigenvalue weighted by Crippen LogP contribution is 2.50. The Labute approximate surface area is 116 Å². The monoisotopic (exact) mass is 278 g/mol. The van der Waals surface area contributed by atoms with Crippen molar-refractivity contribution in [2.75, 3.05) is 12.0 Å². The first kappa shape index (κ1) is 14.3. The minimum absolute atomic E-state index is 0.176. The van der Waals surface area contributed by atoms with Crippen LogP contribution in [0, 0.1) is 21.4 Å². The summed E-state index contributed by atoms with van der Waals surface area (Å²) in [5.74, 6) is 5.37. The number of nitrogens with two attached hydrogens (primary N) is 1. The average molecular weight is 278 g/mol. The summed E-state index contributed by atoms with van der Waals surface area (Å²) in [7, 11) is 0. The number of hydrazine groups is 1. The lowest BCUT2D eigenvalue weighted by Gasteiger charge is -2.08. The molecule has 1 unspecified atom stereocenters. The molecular weight excluding hydrogens is 260 g/mol. The van der Waals surface area contributed by atoms with Crippen LogP contribution in [0.15, 0.2) is 18.2 Å². The van der Waals surface area contributed by atoms with Crippen molar-refractivity contribution >= 4 is 17.3 Å². The molecule has 1 amide bonds. The van der Waals surface area contributed by atoms with E-state index in [1.807, 2.05) is 0 Å². The maximum atomic E-state index is 12.0. The summed E-state index contributed by atoms with van der Waals surface area (Å²) in [6, 6.07) is 4.16. The molecule has 1 aromatic carbocycles. The molecule has 1 aromatic rings. The molecule has 0 spiro atoms. The van der Waals surface area contributed by atoms with Crippen molar-refractivity contribution in [2.45, 2.75) is 20.3 Å². The van der Waals surface area contributed by atoms with Gasteiger partial charge in [0.25, 0.3) is 11.6 Å². The third kappa shape index (κ3) is 2.88. The predicted molar refractivity (Wildman–Crippen MR) is 75.1 cm³/mol. The second kappa shape index (κ2) is 5.09. The number of hydrogen-bond acceptors (Lipinski definition) is 5. The zero-order valence-corrected chi connectivity index (χ0v) is 11.5. The number of rotatable bonds is 5. The Kier molecular flexibility index (Phi) is 3.63. The molecule has 1 saturated carbocycles. The quantitative estimate of drug-likeness (QED) is 0.431. The highest BCUT2D eigenvalue weighted by atomic mass is 16.6. The molecular formula is C13H18N4O3. The van der Waals surface area contributed by atoms with E-state index in [0.717, 1.165) is 6.42 Å². The molecule has 0 bridgehead atoms. The molecule has 4 N–H and O–H groups in total. The number of carbonyl (C=O) groups excluding carboxylic acids is 1. The molecule has 1 atom stereocenters. The van der Waals surface area contributed by atoms with Crippen LogP contribution in [0.5, 0.6) is 0 Å². The molecule has 1 fully saturated rings. The normalized spacial score (nSPS) is 19.2. The number of benzene rings is 1. The number of nitrogens with one attached hydrogen (secondary N) is 2. The lowest BCUT2D eigenvalue weighted by Crippen LogP contribution is -2.26. The largest absolute Gasteiger partial charge is 0.352 e. The van der Waals surface area contributed by atoms with Gasteiger partial charge in [-0.05, 0) is 29.9 Å². The van der Waals surface area contributed by atoms with Crippen molar-refractivity contribution in [3.63, 3.8) is 0 Å². The van der Waals surface area contributed by atoms with Gasteiger partial charge in [0.05, 0.1) is 4.92 Å². The Morgan fingerprint density at radius 2 is 2.20 bits per heavy atom. The number of nitro groups is 1. The molecule has 20 heavy (non-hydrogen) atoms. The molecule has 2 rings (SSSR count). The van der Waals surface area contributed by atoms with Crippen LogP contribution >= 0.6 is 0 Å². The highest BCUT2D eigenvalue weighted by Gasteiger charge is 2.45. The maximum absolute atomic E-state index is 12.0. The van der Waals surface area contributed by atoms with Crippen molar-refractivity contribution in [1.82, 2.24) is 5.32 Å². The van der Waals surface area contributed by atoms with Crippen molar-refractivity contribution in [1.29, 1.82) is 0 Å². The first-order chi connectivity index (χ1) is 9.35. The Morgan fingerprint density at radius 1 is 1.55 bits per heavy atom. The van der Waals surface area contributed by atoms with E-state index < -0.39 is 4.92 Å². The molecule has 0 heterocycles. The molecule has 7 heteroatoms. The van der Waals surface area contributed by atoms with Gasteiger partial charge >= 0.3 is 0 Å². The predicted octanol–water partition coefficient (Wildman–Crippen LogP) is 1.66. The number of anilines is 1. The van der Waals surface area contributed by atoms with Gasteiger partial charge in [-0.2, -0.15) is 0 Å². The third-order valence-electron chi connectivity index (χ3n) is 3.84. The van der Waals surface area contributed by atoms with Crippen LogP contribution in [0.2, 0.25) is 0 Å². The molecule has 1 aliphatic rings. The SMILES string of the molecule is CC1(C)CC1CNC(=O)c1ccc(NN)c([N+](=O)[O-])c1. The summed E-state index contributed by atoms with van der Waals surface area (Å²) in [5.41, 5.74) is 2.74. The summed E-state index contributed by atoms with van der Waals surface area (Å²) in [6.07, 6.45) is 1.09. The van der Waals surface area contributed by atoms with E-state index in [4.69, 9.17) is 5.84 Å². The molecule has 0 aromatic heterocycles. The summed E-state index contributed by atoms with van der Waals surface area (Å²) in [4.78, 5) is 22.3. The summed E-state index contributed by atoms with van der Waals surface area (Å²) < 4.78 is 0. The Morgan fingerprint density at radius 3 is 2.70 bits per heavy atom. The van der Waals surface area contributed by atoms with Crippen LogP contribution in [0.3, 0.4) is 0 Å². The van der Waals surface area contributed by atoms with E-state index >= 15 is 0 Å². The number of nitro benzene ring substituents is 1. The van der Waals surface area contributed by atoms with Gasteiger partial charge in [-0.3, -0.25) is 20.8 Å². The van der Waals surface area contributed by atoms with Crippen LogP contribution in [0.1, 0.15) is 30.6 Å². The van der Waals surface area contributed by atoms with Gasteiger partial charge in [0.1, 0.15) is 5.69 Å². The standard InChI is InChI=1S/C13H18N4O3/c1-13(2)6-9(13)7-15-12(18)8-3-4-10(16-14)11(5-8)17(19)20/h3-5,9,16H,6-7,14H2,1-2H3,(H,15,18). The lowest BCUT2D eigenvalue weighted by atomic mass is 10.1. The summed E-state index contributed by atoms with van der Waals surface area (Å²) in [5, 5.41) is 13.7. The molecule has 7 nitrogen and oxygen atoms in total. The zero-order chi connectivity index (χ0) is 14.9. The van der Waals surface area contributed by atoms with Crippen molar-refractivity contribution in [3.05, 3.63) is 33.9 Å². The second-order valence-corrected chi connectivity index (χ2v) is 5.73. The molecule has 0 radical (unpaired) electrons. The summed E-state index contributed by atoms with van der Waals surface area (Å²) >= 11 is 0. The van der Waals surface area contributed by atoms with Crippen molar-refractivity contribution in [2.24, 2.45) is 17.2 Å². The number of amides is 1. The fourth-order valence-electron chi connectivity index (χ4n) is 2.19. The topological polar surface area (TPSA) is 110 Å². The van der Waals surface area contributed by atoms with E-state index in [2.05, 4.69) is 24.6 Å². The third-order valence-corrected chi connectivity index (χ3v) is 3.84. The Hall–Kier alpha value is -2.15. The highest BCUT2D eigenvalue weighted by molar-refractivity contribution is 5.95. The van der Waals surface area contributed by atoms with Gasteiger partial charge in [-0.25, -0.2) is 0 Å². The van der Waals surface area contributed by atoms with Gasteiger partial charge in [-0.1, -0.05) is 13.8 Å². The van der Waals surface area contributed by atoms with Crippen LogP contribution in [-0.4, -0.2) is 17.4 Å². The van der Waals surface area contributed by atoms with Crippen LogP contribution in [-0.2, 0) is 0 Å². The summed E-state index contributed by atoms with van der Waals surface area (Å²) in [6.45, 7) is 4.89. The lowest BCUT2D eigenvalue weighted by molar-refractivity contribution is -0.384. The Balaban J connectivity index is 2.06. The van der Waals surface area contributed by atoms with Gasteiger partial charge < -0.3 is 10.7 Å². The second-order valence-electron chi connectivity index (χ2n) is 5.73. The smallest absolute Gasteiger partial charge is 0.294 e. The van der Waals surface area contributed by atoms with E-state index in [-0.39, 0.29) is 28.3 Å². The average Bonchev–Trinajstić information content (AvgIpc) is 3.02. The van der Waals surface area contributed by atoms with Gasteiger partial charge in [0, 0.05) is 18.2 Å². The Bertz CT molecular complexity index is 557. The molecule has 1 aliphatic carbocycles. The number of hydrogen-bond donors (Lipinski definition) is 3. The minimum atomic E-state index is -0.573. The maximum Gasteiger partial charge on any atom is 0.294 e. The van der Waals surface area contributed by atoms with E-state index in [0.29, 0.717) is 12.5 Å². The van der Waals surface area contributed by atoms with Gasteiger partial charge in [0.15, 0.2) is 0 Å². The van der Waals surface area contributed by atoms with Crippen LogP contribution in [0.4, 0.5) is 11.4 Å². The minimum Gasteiger partial charge on any atom is -0.352 e. The van der Waals surface area contributed by atoms with Gasteiger partial charge in [-0.15, -0.1) is 0 Å². The van der Waals surface area contributed by atoms with Crippen molar-refractivity contribution in [3.8, 4) is 0 Å². The van der Waals surface area contributed by atoms with Crippen molar-refractivity contribution < 1.29 is 9.72 Å². The number of nitrogen functional groups attached to an aromatic ring is 1. The molecule has 108 valence electrons. The first-order valence-corrected chi connectivity index (χ1v) is 6.38. The molecule has 0 saturated heterocycles. The molecule has 0 aliphatic heterocycles. The fourth-order valence-corrected chi connectivity index (χ4v) is 2.19. The number of carbonyl (C=O) groups is 1. The fraction of sp³-hybridized carbons (Fsp3) is 0.462. The zero-order valence-electron chi connectivity index (χ0n) is 11.5. The van der Waals surface area contributed by atoms with Crippen LogP contribution in [0.25, 0.3) is 0 Å². The number of nitrogens with zero attached hydrogens (tertiary/aromatic N) is 1. The van der Waals surface area contributed by atoms with E-state index in [1.165, 1.54) is 18.2 Å². The van der Waals surface area contributed by atoms with E-state index in [9.17, 15) is 14.9 Å². The van der Waals surface area contributed by atoms with E-state index in [1.54, 1.807) is 0 Å². The first-order valence-electron chi connectivity index (χ1n) is 6.38. The van der Waals surface area contributed by atoms with Gasteiger partial charge in [0.2, 0.25) is 0 Å².